The van der Waals surface area contributed by atoms with Crippen LogP contribution in [0, 0.1) is 5.82 Å². The maximum Gasteiger partial charge on any atom is 0.411 e. The van der Waals surface area contributed by atoms with E-state index in [1.54, 1.807) is 31.2 Å². The summed E-state index contributed by atoms with van der Waals surface area (Å²) in [5, 5.41) is 21.2. The van der Waals surface area contributed by atoms with Gasteiger partial charge in [0.05, 0.1) is 12.3 Å². The summed E-state index contributed by atoms with van der Waals surface area (Å²) in [6.07, 6.45) is 0.535. The Balaban J connectivity index is 0.000000479. The lowest BCUT2D eigenvalue weighted by molar-refractivity contribution is -0.134. The number of aromatic nitrogens is 1. The number of carboxylic acid groups (broad SMARTS) is 2. The quantitative estimate of drug-likeness (QED) is 0.424. The second kappa shape index (κ2) is 12.3. The lowest BCUT2D eigenvalue weighted by Crippen LogP contribution is -2.15. The average molecular weight is 420 g/mol. The molecule has 2 aromatic rings. The number of carboxylic acids is 2. The van der Waals surface area contributed by atoms with Gasteiger partial charge in [0.1, 0.15) is 17.5 Å². The van der Waals surface area contributed by atoms with Gasteiger partial charge >= 0.3 is 18.0 Å². The van der Waals surface area contributed by atoms with Crippen molar-refractivity contribution < 1.29 is 33.7 Å². The van der Waals surface area contributed by atoms with Crippen LogP contribution in [0.25, 0.3) is 0 Å². The predicted molar refractivity (Wildman–Crippen MR) is 107 cm³/mol. The van der Waals surface area contributed by atoms with E-state index < -0.39 is 18.0 Å². The Morgan fingerprint density at radius 3 is 2.20 bits per heavy atom. The van der Waals surface area contributed by atoms with Crippen LogP contribution in [0.3, 0.4) is 0 Å². The van der Waals surface area contributed by atoms with Gasteiger partial charge in [0, 0.05) is 18.7 Å². The van der Waals surface area contributed by atoms with Crippen LogP contribution < -0.4 is 16.4 Å². The summed E-state index contributed by atoms with van der Waals surface area (Å²) in [5.74, 6) is -2.06. The minimum Gasteiger partial charge on any atom is -0.478 e. The largest absolute Gasteiger partial charge is 0.478 e. The summed E-state index contributed by atoms with van der Waals surface area (Å²) < 4.78 is 17.6. The molecular formula is C19H21FN4O6. The Morgan fingerprint density at radius 2 is 1.70 bits per heavy atom. The van der Waals surface area contributed by atoms with Crippen LogP contribution in [0.5, 0.6) is 0 Å². The molecule has 0 aliphatic carbocycles. The highest BCUT2D eigenvalue weighted by molar-refractivity contribution is 5.89. The topological polar surface area (TPSA) is 164 Å². The van der Waals surface area contributed by atoms with Crippen molar-refractivity contribution in [1.82, 2.24) is 4.98 Å². The molecule has 160 valence electrons. The molecule has 1 heterocycles. The number of carbonyl (C=O) groups is 3. The summed E-state index contributed by atoms with van der Waals surface area (Å²) >= 11 is 0. The second-order valence-electron chi connectivity index (χ2n) is 5.46. The Morgan fingerprint density at radius 1 is 1.10 bits per heavy atom. The fourth-order valence-electron chi connectivity index (χ4n) is 1.89. The Labute approximate surface area is 171 Å². The SMILES string of the molecule is CCOC(=O)Nc1ccc(NCc2ccc(F)cc2)nc1N.O=C(O)/C=C\C(=O)O. The van der Waals surface area contributed by atoms with E-state index >= 15 is 0 Å². The monoisotopic (exact) mass is 420 g/mol. The van der Waals surface area contributed by atoms with E-state index in [0.29, 0.717) is 30.2 Å². The van der Waals surface area contributed by atoms with Gasteiger partial charge in [0.25, 0.3) is 0 Å². The van der Waals surface area contributed by atoms with E-state index in [4.69, 9.17) is 20.7 Å². The number of pyridine rings is 1. The minimum atomic E-state index is -1.26. The minimum absolute atomic E-state index is 0.178. The molecule has 1 amide bonds. The van der Waals surface area contributed by atoms with Gasteiger partial charge in [-0.2, -0.15) is 0 Å². The first-order chi connectivity index (χ1) is 14.2. The van der Waals surface area contributed by atoms with E-state index in [0.717, 1.165) is 5.56 Å². The molecule has 1 aromatic carbocycles. The lowest BCUT2D eigenvalue weighted by Gasteiger charge is -2.10. The highest BCUT2D eigenvalue weighted by Gasteiger charge is 2.07. The molecule has 0 unspecified atom stereocenters. The molecule has 0 atom stereocenters. The molecule has 0 saturated carbocycles. The van der Waals surface area contributed by atoms with Crippen molar-refractivity contribution in [2.45, 2.75) is 13.5 Å². The third-order valence-electron chi connectivity index (χ3n) is 3.19. The Hall–Kier alpha value is -4.15. The molecule has 0 aliphatic rings. The van der Waals surface area contributed by atoms with Crippen molar-refractivity contribution in [2.24, 2.45) is 0 Å². The fraction of sp³-hybridized carbons (Fsp3) is 0.158. The van der Waals surface area contributed by atoms with Crippen LogP contribution in [-0.4, -0.2) is 39.8 Å². The number of benzene rings is 1. The zero-order chi connectivity index (χ0) is 22.5. The number of aliphatic carboxylic acids is 2. The van der Waals surface area contributed by atoms with Crippen LogP contribution in [0.2, 0.25) is 0 Å². The van der Waals surface area contributed by atoms with Crippen molar-refractivity contribution in [2.75, 3.05) is 23.0 Å². The normalized spacial score (nSPS) is 9.93. The Kier molecular flexibility index (Phi) is 9.82. The molecule has 0 aliphatic heterocycles. The van der Waals surface area contributed by atoms with Gasteiger partial charge in [-0.25, -0.2) is 23.8 Å². The summed E-state index contributed by atoms with van der Waals surface area (Å²) in [6.45, 7) is 2.47. The lowest BCUT2D eigenvalue weighted by atomic mass is 10.2. The summed E-state index contributed by atoms with van der Waals surface area (Å²) in [5.41, 5.74) is 7.08. The van der Waals surface area contributed by atoms with Gasteiger partial charge in [-0.05, 0) is 36.8 Å². The summed E-state index contributed by atoms with van der Waals surface area (Å²) in [7, 11) is 0. The van der Waals surface area contributed by atoms with Crippen LogP contribution >= 0.6 is 0 Å². The number of amides is 1. The molecule has 6 N–H and O–H groups in total. The third kappa shape index (κ3) is 9.69. The summed E-state index contributed by atoms with van der Waals surface area (Å²) in [6, 6.07) is 9.47. The number of nitrogen functional groups attached to an aromatic ring is 1. The number of anilines is 3. The zero-order valence-corrected chi connectivity index (χ0v) is 16.0. The van der Waals surface area contributed by atoms with Crippen molar-refractivity contribution >= 4 is 35.4 Å². The smallest absolute Gasteiger partial charge is 0.411 e. The maximum absolute atomic E-state index is 12.8. The van der Waals surface area contributed by atoms with Gasteiger partial charge in [0.2, 0.25) is 0 Å². The maximum atomic E-state index is 12.8. The number of nitrogens with zero attached hydrogens (tertiary/aromatic N) is 1. The van der Waals surface area contributed by atoms with Gasteiger partial charge in [-0.1, -0.05) is 12.1 Å². The molecule has 2 rings (SSSR count). The van der Waals surface area contributed by atoms with Gasteiger partial charge in [0.15, 0.2) is 0 Å². The van der Waals surface area contributed by atoms with Crippen LogP contribution in [0.15, 0.2) is 48.6 Å². The number of ether oxygens (including phenoxy) is 1. The highest BCUT2D eigenvalue weighted by Crippen LogP contribution is 2.19. The van der Waals surface area contributed by atoms with Crippen molar-refractivity contribution in [3.63, 3.8) is 0 Å². The first-order valence-corrected chi connectivity index (χ1v) is 8.53. The molecule has 1 aromatic heterocycles. The van der Waals surface area contributed by atoms with Gasteiger partial charge in [-0.3, -0.25) is 5.32 Å². The van der Waals surface area contributed by atoms with Gasteiger partial charge < -0.3 is 26.0 Å². The number of nitrogens with one attached hydrogen (secondary N) is 2. The molecule has 30 heavy (non-hydrogen) atoms. The zero-order valence-electron chi connectivity index (χ0n) is 16.0. The van der Waals surface area contributed by atoms with Crippen LogP contribution in [0.4, 0.5) is 26.5 Å². The average Bonchev–Trinajstić information content (AvgIpc) is 2.68. The fourth-order valence-corrected chi connectivity index (χ4v) is 1.89. The summed E-state index contributed by atoms with van der Waals surface area (Å²) in [4.78, 5) is 34.6. The number of halogens is 1. The first kappa shape index (κ1) is 23.9. The van der Waals surface area contributed by atoms with E-state index in [-0.39, 0.29) is 18.2 Å². The number of hydrogen-bond acceptors (Lipinski definition) is 7. The molecule has 0 saturated heterocycles. The standard InChI is InChI=1S/C15H17FN4O2.C4H4O4/c1-2-22-15(21)19-12-7-8-13(20-14(12)17)18-9-10-3-5-11(16)6-4-10;5-3(6)1-2-4(7)8/h3-8H,2,9H2,1H3,(H,19,21)(H3,17,18,20);1-2H,(H,5,6)(H,7,8)/b;2-1-. The molecule has 10 nitrogen and oxygen atoms in total. The van der Waals surface area contributed by atoms with Crippen LogP contribution in [-0.2, 0) is 20.9 Å². The molecular weight excluding hydrogens is 399 g/mol. The molecule has 0 radical (unpaired) electrons. The number of rotatable bonds is 7. The van der Waals surface area contributed by atoms with Crippen molar-refractivity contribution in [3.8, 4) is 0 Å². The van der Waals surface area contributed by atoms with Crippen LogP contribution in [0.1, 0.15) is 12.5 Å². The van der Waals surface area contributed by atoms with Gasteiger partial charge in [-0.15, -0.1) is 0 Å². The first-order valence-electron chi connectivity index (χ1n) is 8.53. The van der Waals surface area contributed by atoms with Crippen molar-refractivity contribution in [3.05, 3.63) is 59.9 Å². The molecule has 0 spiro atoms. The molecule has 0 bridgehead atoms. The molecule has 11 heteroatoms. The highest BCUT2D eigenvalue weighted by atomic mass is 19.1. The second-order valence-corrected chi connectivity index (χ2v) is 5.46. The predicted octanol–water partition coefficient (Wildman–Crippen LogP) is 2.70. The van der Waals surface area contributed by atoms with Crippen molar-refractivity contribution in [1.29, 1.82) is 0 Å². The Bertz CT molecular complexity index is 886. The van der Waals surface area contributed by atoms with E-state index in [2.05, 4.69) is 15.6 Å². The van der Waals surface area contributed by atoms with E-state index in [1.807, 2.05) is 0 Å². The number of carbonyl (C=O) groups excluding carboxylic acids is 1. The number of nitrogens with two attached hydrogens (primary N) is 1. The molecule has 0 fully saturated rings. The number of hydrogen-bond donors (Lipinski definition) is 5. The van der Waals surface area contributed by atoms with E-state index in [9.17, 15) is 18.8 Å². The third-order valence-corrected chi connectivity index (χ3v) is 3.19. The van der Waals surface area contributed by atoms with E-state index in [1.165, 1.54) is 12.1 Å².